The maximum atomic E-state index is 8.95. The highest BCUT2D eigenvalue weighted by Crippen LogP contribution is 2.30. The van der Waals surface area contributed by atoms with Crippen molar-refractivity contribution in [2.75, 3.05) is 11.1 Å². The number of hydrogen-bond acceptors (Lipinski definition) is 4. The molecular weight excluding hydrogens is 274 g/mol. The van der Waals surface area contributed by atoms with Crippen molar-refractivity contribution in [3.8, 4) is 6.07 Å². The highest BCUT2D eigenvalue weighted by Gasteiger charge is 2.13. The van der Waals surface area contributed by atoms with Crippen LogP contribution >= 0.6 is 11.6 Å². The lowest BCUT2D eigenvalue weighted by Gasteiger charge is -2.11. The summed E-state index contributed by atoms with van der Waals surface area (Å²) < 4.78 is 1.82. The quantitative estimate of drug-likeness (QED) is 0.903. The second-order valence-corrected chi connectivity index (χ2v) is 4.91. The second kappa shape index (κ2) is 5.85. The fourth-order valence-corrected chi connectivity index (χ4v) is 2.08. The van der Waals surface area contributed by atoms with E-state index in [0.29, 0.717) is 27.8 Å². The van der Waals surface area contributed by atoms with Crippen LogP contribution in [0.4, 0.5) is 17.2 Å². The number of nitrogens with one attached hydrogen (secondary N) is 1. The van der Waals surface area contributed by atoms with Crippen LogP contribution in [-0.2, 0) is 6.54 Å². The molecule has 20 heavy (non-hydrogen) atoms. The van der Waals surface area contributed by atoms with Gasteiger partial charge in [-0.2, -0.15) is 10.4 Å². The number of nitrogen functional groups attached to an aromatic ring is 1. The first-order valence-corrected chi connectivity index (χ1v) is 6.74. The molecule has 2 rings (SSSR count). The molecule has 0 fully saturated rings. The van der Waals surface area contributed by atoms with Gasteiger partial charge in [0.25, 0.3) is 0 Å². The normalized spacial score (nSPS) is 10.3. The number of benzene rings is 1. The molecular formula is C14H16ClN5. The number of nitrogens with zero attached hydrogens (tertiary/aromatic N) is 3. The molecule has 0 amide bonds. The third kappa shape index (κ3) is 2.70. The van der Waals surface area contributed by atoms with Crippen LogP contribution in [0.5, 0.6) is 0 Å². The lowest BCUT2D eigenvalue weighted by Crippen LogP contribution is -2.06. The predicted octanol–water partition coefficient (Wildman–Crippen LogP) is 3.45. The van der Waals surface area contributed by atoms with Gasteiger partial charge in [-0.15, -0.1) is 0 Å². The summed E-state index contributed by atoms with van der Waals surface area (Å²) in [6, 6.07) is 7.14. The number of aryl methyl sites for hydroxylation is 2. The van der Waals surface area contributed by atoms with Crippen molar-refractivity contribution in [2.24, 2.45) is 0 Å². The largest absolute Gasteiger partial charge is 0.394 e. The van der Waals surface area contributed by atoms with E-state index in [-0.39, 0.29) is 0 Å². The highest BCUT2D eigenvalue weighted by atomic mass is 35.5. The first kappa shape index (κ1) is 14.2. The fourth-order valence-electron chi connectivity index (χ4n) is 1.92. The minimum absolute atomic E-state index is 0.533. The van der Waals surface area contributed by atoms with Gasteiger partial charge >= 0.3 is 0 Å². The van der Waals surface area contributed by atoms with Crippen LogP contribution < -0.4 is 11.1 Å². The molecule has 1 aromatic carbocycles. The monoisotopic (exact) mass is 289 g/mol. The average Bonchev–Trinajstić information content (AvgIpc) is 2.69. The van der Waals surface area contributed by atoms with Crippen LogP contribution in [0.3, 0.4) is 0 Å². The molecule has 0 aliphatic heterocycles. The van der Waals surface area contributed by atoms with Crippen molar-refractivity contribution < 1.29 is 0 Å². The number of anilines is 3. The Morgan fingerprint density at radius 1 is 1.50 bits per heavy atom. The molecule has 1 aromatic heterocycles. The van der Waals surface area contributed by atoms with Crippen molar-refractivity contribution in [3.63, 3.8) is 0 Å². The maximum Gasteiger partial charge on any atom is 0.152 e. The molecule has 0 radical (unpaired) electrons. The van der Waals surface area contributed by atoms with Gasteiger partial charge < -0.3 is 11.1 Å². The average molecular weight is 290 g/mol. The van der Waals surface area contributed by atoms with E-state index in [4.69, 9.17) is 22.6 Å². The molecule has 0 aliphatic rings. The number of nitrogens with two attached hydrogens (primary N) is 1. The van der Waals surface area contributed by atoms with E-state index in [1.54, 1.807) is 18.2 Å². The zero-order valence-electron chi connectivity index (χ0n) is 11.4. The Hall–Kier alpha value is -2.19. The highest BCUT2D eigenvalue weighted by molar-refractivity contribution is 6.33. The molecule has 0 bridgehead atoms. The SMILES string of the molecule is CCCn1nc(C)c(N)c1Nc1cc(C#N)ccc1Cl. The van der Waals surface area contributed by atoms with E-state index in [1.165, 1.54) is 0 Å². The van der Waals surface area contributed by atoms with Crippen LogP contribution in [0, 0.1) is 18.3 Å². The summed E-state index contributed by atoms with van der Waals surface area (Å²) in [6.07, 6.45) is 0.946. The summed E-state index contributed by atoms with van der Waals surface area (Å²) in [5.41, 5.74) is 8.60. The van der Waals surface area contributed by atoms with Gasteiger partial charge in [-0.3, -0.25) is 0 Å². The summed E-state index contributed by atoms with van der Waals surface area (Å²) in [5.74, 6) is 0.710. The van der Waals surface area contributed by atoms with Crippen molar-refractivity contribution in [1.82, 2.24) is 9.78 Å². The lowest BCUT2D eigenvalue weighted by atomic mass is 10.2. The molecule has 3 N–H and O–H groups in total. The van der Waals surface area contributed by atoms with Gasteiger partial charge in [-0.25, -0.2) is 4.68 Å². The number of hydrogen-bond donors (Lipinski definition) is 2. The predicted molar refractivity (Wildman–Crippen MR) is 81.1 cm³/mol. The zero-order valence-corrected chi connectivity index (χ0v) is 12.2. The Kier molecular flexibility index (Phi) is 4.16. The van der Waals surface area contributed by atoms with Crippen molar-refractivity contribution in [1.29, 1.82) is 5.26 Å². The van der Waals surface area contributed by atoms with Crippen LogP contribution in [0.25, 0.3) is 0 Å². The first-order chi connectivity index (χ1) is 9.56. The Balaban J connectivity index is 2.42. The molecule has 0 aliphatic carbocycles. The van der Waals surface area contributed by atoms with Gasteiger partial charge in [0, 0.05) is 6.54 Å². The van der Waals surface area contributed by atoms with Gasteiger partial charge in [0.15, 0.2) is 5.82 Å². The summed E-state index contributed by atoms with van der Waals surface area (Å²) >= 11 is 6.15. The van der Waals surface area contributed by atoms with Crippen LogP contribution in [0.1, 0.15) is 24.6 Å². The Bertz CT molecular complexity index is 669. The molecule has 0 unspecified atom stereocenters. The lowest BCUT2D eigenvalue weighted by molar-refractivity contribution is 0.605. The summed E-state index contributed by atoms with van der Waals surface area (Å²) in [5, 5.41) is 17.1. The van der Waals surface area contributed by atoms with Crippen LogP contribution in [0.15, 0.2) is 18.2 Å². The van der Waals surface area contributed by atoms with E-state index >= 15 is 0 Å². The Morgan fingerprint density at radius 3 is 2.90 bits per heavy atom. The smallest absolute Gasteiger partial charge is 0.152 e. The number of aromatic nitrogens is 2. The van der Waals surface area contributed by atoms with Crippen LogP contribution in [-0.4, -0.2) is 9.78 Å². The number of halogens is 1. The van der Waals surface area contributed by atoms with Gasteiger partial charge in [0.2, 0.25) is 0 Å². The molecule has 5 nitrogen and oxygen atoms in total. The van der Waals surface area contributed by atoms with Gasteiger partial charge in [0.05, 0.1) is 33.7 Å². The van der Waals surface area contributed by atoms with Crippen molar-refractivity contribution in [2.45, 2.75) is 26.8 Å². The summed E-state index contributed by atoms with van der Waals surface area (Å²) in [7, 11) is 0. The van der Waals surface area contributed by atoms with Crippen LogP contribution in [0.2, 0.25) is 5.02 Å². The molecule has 0 atom stereocenters. The molecule has 6 heteroatoms. The molecule has 0 spiro atoms. The molecule has 0 saturated carbocycles. The third-order valence-corrected chi connectivity index (χ3v) is 3.29. The second-order valence-electron chi connectivity index (χ2n) is 4.50. The minimum Gasteiger partial charge on any atom is -0.394 e. The Morgan fingerprint density at radius 2 is 2.25 bits per heavy atom. The Labute approximate surface area is 123 Å². The van der Waals surface area contributed by atoms with Gasteiger partial charge in [-0.1, -0.05) is 18.5 Å². The van der Waals surface area contributed by atoms with E-state index < -0.39 is 0 Å². The number of rotatable bonds is 4. The zero-order chi connectivity index (χ0) is 14.7. The first-order valence-electron chi connectivity index (χ1n) is 6.36. The van der Waals surface area contributed by atoms with Crippen molar-refractivity contribution >= 4 is 28.8 Å². The molecule has 2 aromatic rings. The van der Waals surface area contributed by atoms with Gasteiger partial charge in [0.1, 0.15) is 0 Å². The van der Waals surface area contributed by atoms with Crippen molar-refractivity contribution in [3.05, 3.63) is 34.5 Å². The molecule has 104 valence electrons. The van der Waals surface area contributed by atoms with E-state index in [0.717, 1.165) is 18.7 Å². The fraction of sp³-hybridized carbons (Fsp3) is 0.286. The van der Waals surface area contributed by atoms with Gasteiger partial charge in [-0.05, 0) is 31.5 Å². The maximum absolute atomic E-state index is 8.95. The summed E-state index contributed by atoms with van der Waals surface area (Å²) in [6.45, 7) is 4.69. The third-order valence-electron chi connectivity index (χ3n) is 2.96. The minimum atomic E-state index is 0.533. The summed E-state index contributed by atoms with van der Waals surface area (Å²) in [4.78, 5) is 0. The van der Waals surface area contributed by atoms with E-state index in [2.05, 4.69) is 23.4 Å². The molecule has 0 saturated heterocycles. The topological polar surface area (TPSA) is 79.7 Å². The standard InChI is InChI=1S/C14H16ClN5/c1-3-6-20-14(13(17)9(2)19-20)18-12-7-10(8-16)4-5-11(12)15/h4-5,7,18H,3,6,17H2,1-2H3. The molecule has 1 heterocycles. The number of nitriles is 1. The van der Waals surface area contributed by atoms with E-state index in [9.17, 15) is 0 Å². The van der Waals surface area contributed by atoms with E-state index in [1.807, 2.05) is 11.6 Å².